The molecule has 3 aromatic rings. The van der Waals surface area contributed by atoms with Crippen LogP contribution in [0.15, 0.2) is 53.6 Å². The minimum absolute atomic E-state index is 0.304. The number of carbonyl (C=O) groups excluding carboxylic acids is 1. The van der Waals surface area contributed by atoms with Crippen LogP contribution in [0.3, 0.4) is 0 Å². The van der Waals surface area contributed by atoms with Gasteiger partial charge in [0, 0.05) is 11.3 Å². The molecule has 0 saturated carbocycles. The molecule has 7 heteroatoms. The number of fused-ring (bicyclic) bond motifs is 1. The normalized spacial score (nSPS) is 12.7. The molecule has 1 amide bonds. The number of nitrogens with one attached hydrogen (secondary N) is 1. The first-order chi connectivity index (χ1) is 16.2. The molecule has 1 aliphatic carbocycles. The van der Waals surface area contributed by atoms with Gasteiger partial charge in [-0.3, -0.25) is 4.79 Å². The Morgan fingerprint density at radius 2 is 2.00 bits per heavy atom. The van der Waals surface area contributed by atoms with Crippen molar-refractivity contribution in [2.45, 2.75) is 45.4 Å². The Morgan fingerprint density at radius 1 is 1.15 bits per heavy atom. The predicted octanol–water partition coefficient (Wildman–Crippen LogP) is 4.70. The van der Waals surface area contributed by atoms with Crippen LogP contribution in [0.1, 0.15) is 59.9 Å². The molecule has 0 spiro atoms. The summed E-state index contributed by atoms with van der Waals surface area (Å²) < 4.78 is 13.1. The van der Waals surface area contributed by atoms with E-state index in [0.717, 1.165) is 61.0 Å². The predicted molar refractivity (Wildman–Crippen MR) is 129 cm³/mol. The van der Waals surface area contributed by atoms with E-state index in [9.17, 15) is 4.79 Å². The zero-order valence-corrected chi connectivity index (χ0v) is 19.2. The number of hydrogen-bond donors (Lipinski definition) is 1. The van der Waals surface area contributed by atoms with Crippen LogP contribution in [-0.4, -0.2) is 35.6 Å². The number of rotatable bonds is 10. The molecule has 0 fully saturated rings. The largest absolute Gasteiger partial charge is 0.493 e. The summed E-state index contributed by atoms with van der Waals surface area (Å²) in [5.41, 5.74) is 6.94. The molecular weight excluding hydrogens is 416 g/mol. The fourth-order valence-electron chi connectivity index (χ4n) is 4.04. The summed E-state index contributed by atoms with van der Waals surface area (Å²) in [7, 11) is 1.61. The number of methoxy groups -OCH3 is 1. The first-order valence-corrected chi connectivity index (χ1v) is 11.5. The summed E-state index contributed by atoms with van der Waals surface area (Å²) in [4.78, 5) is 12.8. The van der Waals surface area contributed by atoms with Gasteiger partial charge in [0.15, 0.2) is 17.2 Å². The average Bonchev–Trinajstić information content (AvgIpc) is 3.46. The number of amides is 1. The van der Waals surface area contributed by atoms with E-state index in [1.54, 1.807) is 13.3 Å². The first-order valence-electron chi connectivity index (χ1n) is 11.5. The Balaban J connectivity index is 1.43. The van der Waals surface area contributed by atoms with E-state index in [-0.39, 0.29) is 5.91 Å². The Morgan fingerprint density at radius 3 is 2.79 bits per heavy atom. The van der Waals surface area contributed by atoms with E-state index >= 15 is 0 Å². The molecule has 172 valence electrons. The van der Waals surface area contributed by atoms with Crippen molar-refractivity contribution in [2.75, 3.05) is 13.7 Å². The van der Waals surface area contributed by atoms with Crippen molar-refractivity contribution >= 4 is 12.1 Å². The van der Waals surface area contributed by atoms with Gasteiger partial charge < -0.3 is 9.47 Å². The highest BCUT2D eigenvalue weighted by Gasteiger charge is 2.26. The number of benzene rings is 2. The first kappa shape index (κ1) is 22.6. The fourth-order valence-corrected chi connectivity index (χ4v) is 4.04. The van der Waals surface area contributed by atoms with Crippen LogP contribution in [0.5, 0.6) is 11.5 Å². The summed E-state index contributed by atoms with van der Waals surface area (Å²) in [6.45, 7) is 2.82. The van der Waals surface area contributed by atoms with Crippen LogP contribution in [0.25, 0.3) is 5.69 Å². The average molecular weight is 447 g/mol. The number of ether oxygens (including phenoxy) is 2. The van der Waals surface area contributed by atoms with Crippen LogP contribution < -0.4 is 14.9 Å². The van der Waals surface area contributed by atoms with Crippen LogP contribution in [0, 0.1) is 0 Å². The Kier molecular flexibility index (Phi) is 7.40. The van der Waals surface area contributed by atoms with E-state index in [2.05, 4.69) is 22.5 Å². The van der Waals surface area contributed by atoms with E-state index in [1.807, 2.05) is 53.2 Å². The van der Waals surface area contributed by atoms with Gasteiger partial charge in [-0.2, -0.15) is 10.2 Å². The second-order valence-electron chi connectivity index (χ2n) is 8.04. The second kappa shape index (κ2) is 10.8. The summed E-state index contributed by atoms with van der Waals surface area (Å²) >= 11 is 0. The quantitative estimate of drug-likeness (QED) is 0.278. The smallest absolute Gasteiger partial charge is 0.292 e. The summed E-state index contributed by atoms with van der Waals surface area (Å²) in [5, 5.41) is 8.75. The number of hydrogen-bond acceptors (Lipinski definition) is 5. The summed E-state index contributed by atoms with van der Waals surface area (Å²) in [5.74, 6) is 1.04. The maximum atomic E-state index is 12.8. The molecule has 1 heterocycles. The molecule has 33 heavy (non-hydrogen) atoms. The molecule has 1 aromatic heterocycles. The molecule has 1 aliphatic rings. The third-order valence-electron chi connectivity index (χ3n) is 5.72. The summed E-state index contributed by atoms with van der Waals surface area (Å²) in [6.07, 6.45) is 7.69. The maximum absolute atomic E-state index is 12.8. The molecule has 0 unspecified atom stereocenters. The minimum atomic E-state index is -0.304. The van der Waals surface area contributed by atoms with Gasteiger partial charge in [0.1, 0.15) is 0 Å². The molecule has 0 radical (unpaired) electrons. The molecule has 1 N–H and O–H groups in total. The van der Waals surface area contributed by atoms with Crippen molar-refractivity contribution < 1.29 is 14.3 Å². The van der Waals surface area contributed by atoms with Crippen molar-refractivity contribution in [3.05, 3.63) is 71.0 Å². The van der Waals surface area contributed by atoms with Gasteiger partial charge in [-0.05, 0) is 61.6 Å². The molecule has 7 nitrogen and oxygen atoms in total. The Hall–Kier alpha value is -3.61. The number of unbranched alkanes of at least 4 members (excludes halogenated alkanes) is 2. The lowest BCUT2D eigenvalue weighted by atomic mass is 10.2. The van der Waals surface area contributed by atoms with Gasteiger partial charge in [0.25, 0.3) is 5.91 Å². The van der Waals surface area contributed by atoms with Crippen LogP contribution in [0.4, 0.5) is 0 Å². The molecular formula is C26H30N4O3. The summed E-state index contributed by atoms with van der Waals surface area (Å²) in [6, 6.07) is 15.5. The van der Waals surface area contributed by atoms with E-state index in [4.69, 9.17) is 9.47 Å². The fraction of sp³-hybridized carbons (Fsp3) is 0.346. The van der Waals surface area contributed by atoms with Crippen molar-refractivity contribution in [1.82, 2.24) is 15.2 Å². The van der Waals surface area contributed by atoms with Crippen LogP contribution >= 0.6 is 0 Å². The van der Waals surface area contributed by atoms with Crippen molar-refractivity contribution in [1.29, 1.82) is 0 Å². The van der Waals surface area contributed by atoms with Gasteiger partial charge in [0.2, 0.25) is 0 Å². The lowest BCUT2D eigenvalue weighted by Crippen LogP contribution is -2.20. The lowest BCUT2D eigenvalue weighted by molar-refractivity contribution is 0.0949. The number of carbonyl (C=O) groups is 1. The van der Waals surface area contributed by atoms with Crippen molar-refractivity contribution in [3.8, 4) is 17.2 Å². The van der Waals surface area contributed by atoms with Gasteiger partial charge in [-0.25, -0.2) is 10.1 Å². The zero-order chi connectivity index (χ0) is 23.0. The Bertz CT molecular complexity index is 1120. The van der Waals surface area contributed by atoms with Crippen LogP contribution in [0.2, 0.25) is 0 Å². The molecule has 0 saturated heterocycles. The van der Waals surface area contributed by atoms with E-state index < -0.39 is 0 Å². The van der Waals surface area contributed by atoms with Crippen LogP contribution in [-0.2, 0) is 12.8 Å². The highest BCUT2D eigenvalue weighted by molar-refractivity contribution is 5.95. The Labute approximate surface area is 194 Å². The number of para-hydroxylation sites is 1. The molecule has 0 atom stereocenters. The maximum Gasteiger partial charge on any atom is 0.292 e. The minimum Gasteiger partial charge on any atom is -0.493 e. The van der Waals surface area contributed by atoms with E-state index in [0.29, 0.717) is 23.8 Å². The highest BCUT2D eigenvalue weighted by Crippen LogP contribution is 2.29. The molecule has 0 aliphatic heterocycles. The van der Waals surface area contributed by atoms with Gasteiger partial charge in [-0.15, -0.1) is 0 Å². The second-order valence-corrected chi connectivity index (χ2v) is 8.04. The van der Waals surface area contributed by atoms with Gasteiger partial charge in [0.05, 0.1) is 25.6 Å². The third kappa shape index (κ3) is 5.25. The van der Waals surface area contributed by atoms with Gasteiger partial charge in [-0.1, -0.05) is 38.0 Å². The van der Waals surface area contributed by atoms with Gasteiger partial charge >= 0.3 is 0 Å². The van der Waals surface area contributed by atoms with Crippen molar-refractivity contribution in [2.24, 2.45) is 5.10 Å². The SMILES string of the molecule is CCCCCOc1ccc(/C=N/NC(=O)c2nn(-c3ccccc3)c3c2CCC3)cc1OC. The lowest BCUT2D eigenvalue weighted by Gasteiger charge is -2.11. The molecule has 0 bridgehead atoms. The highest BCUT2D eigenvalue weighted by atomic mass is 16.5. The number of nitrogens with zero attached hydrogens (tertiary/aromatic N) is 3. The topological polar surface area (TPSA) is 77.7 Å². The molecule has 2 aromatic carbocycles. The molecule has 4 rings (SSSR count). The third-order valence-corrected chi connectivity index (χ3v) is 5.72. The zero-order valence-electron chi connectivity index (χ0n) is 19.2. The number of hydrazone groups is 1. The van der Waals surface area contributed by atoms with E-state index in [1.165, 1.54) is 0 Å². The van der Waals surface area contributed by atoms with Crippen molar-refractivity contribution in [3.63, 3.8) is 0 Å². The monoisotopic (exact) mass is 446 g/mol. The standard InChI is InChI=1S/C26H30N4O3/c1-3-4-8-16-33-23-15-14-19(17-24(23)32-2)18-27-28-26(31)25-21-12-9-13-22(21)30(29-25)20-10-6-5-7-11-20/h5-7,10-11,14-15,17-18H,3-4,8-9,12-13,16H2,1-2H3,(H,28,31)/b27-18+. The number of aromatic nitrogens is 2.